The number of hydrogen-bond acceptors (Lipinski definition) is 8. The maximum absolute atomic E-state index is 5.34. The van der Waals surface area contributed by atoms with Crippen LogP contribution in [0.5, 0.6) is 0 Å². The Hall–Kier alpha value is -1.67. The zero-order chi connectivity index (χ0) is 14.2. The summed E-state index contributed by atoms with van der Waals surface area (Å²) in [5.74, 6) is 1.83. The number of ether oxygens (including phenoxy) is 2. The smallest absolute Gasteiger partial charge is 0.232 e. The second-order valence-electron chi connectivity index (χ2n) is 4.41. The lowest BCUT2D eigenvalue weighted by atomic mass is 10.4. The lowest BCUT2D eigenvalue weighted by Crippen LogP contribution is -2.37. The molecular formula is C12H22N6O2. The molecule has 0 radical (unpaired) electrons. The highest BCUT2D eigenvalue weighted by Crippen LogP contribution is 2.14. The number of rotatable bonds is 7. The zero-order valence-electron chi connectivity index (χ0n) is 12.1. The predicted molar refractivity (Wildman–Crippen MR) is 77.4 cm³/mol. The van der Waals surface area contributed by atoms with Crippen LogP contribution in [0.3, 0.4) is 0 Å². The fourth-order valence-corrected chi connectivity index (χ4v) is 1.88. The van der Waals surface area contributed by atoms with Crippen molar-refractivity contribution in [1.82, 2.24) is 15.0 Å². The molecule has 8 heteroatoms. The summed E-state index contributed by atoms with van der Waals surface area (Å²) < 4.78 is 10.4. The van der Waals surface area contributed by atoms with Crippen molar-refractivity contribution in [2.24, 2.45) is 0 Å². The number of nitrogens with one attached hydrogen (secondary N) is 2. The molecule has 20 heavy (non-hydrogen) atoms. The van der Waals surface area contributed by atoms with Gasteiger partial charge in [-0.2, -0.15) is 15.0 Å². The van der Waals surface area contributed by atoms with Crippen molar-refractivity contribution >= 4 is 17.8 Å². The molecule has 0 atom stereocenters. The molecule has 0 aliphatic carbocycles. The summed E-state index contributed by atoms with van der Waals surface area (Å²) in [4.78, 5) is 15.3. The fourth-order valence-electron chi connectivity index (χ4n) is 1.88. The molecule has 0 aromatic carbocycles. The molecule has 1 fully saturated rings. The van der Waals surface area contributed by atoms with Crippen molar-refractivity contribution in [3.8, 4) is 0 Å². The van der Waals surface area contributed by atoms with E-state index in [9.17, 15) is 0 Å². The summed E-state index contributed by atoms with van der Waals surface area (Å²) in [7, 11) is 3.49. The number of nitrogens with zero attached hydrogens (tertiary/aromatic N) is 4. The predicted octanol–water partition coefficient (Wildman–Crippen LogP) is 0.198. The maximum Gasteiger partial charge on any atom is 0.232 e. The molecule has 0 unspecified atom stereocenters. The van der Waals surface area contributed by atoms with E-state index in [2.05, 4.69) is 30.5 Å². The molecule has 112 valence electrons. The van der Waals surface area contributed by atoms with E-state index < -0.39 is 0 Å². The van der Waals surface area contributed by atoms with Crippen molar-refractivity contribution in [3.05, 3.63) is 0 Å². The number of methoxy groups -OCH3 is 1. The molecule has 0 saturated carbocycles. The number of aromatic nitrogens is 3. The first kappa shape index (κ1) is 14.7. The van der Waals surface area contributed by atoms with Crippen LogP contribution in [-0.2, 0) is 9.47 Å². The highest BCUT2D eigenvalue weighted by molar-refractivity contribution is 5.43. The van der Waals surface area contributed by atoms with Gasteiger partial charge >= 0.3 is 0 Å². The molecule has 2 N–H and O–H groups in total. The van der Waals surface area contributed by atoms with Crippen molar-refractivity contribution in [3.63, 3.8) is 0 Å². The minimum absolute atomic E-state index is 0.565. The zero-order valence-corrected chi connectivity index (χ0v) is 12.1. The third kappa shape index (κ3) is 4.17. The summed E-state index contributed by atoms with van der Waals surface area (Å²) >= 11 is 0. The van der Waals surface area contributed by atoms with E-state index in [0.29, 0.717) is 37.7 Å². The summed E-state index contributed by atoms with van der Waals surface area (Å²) in [5, 5.41) is 6.16. The molecule has 0 amide bonds. The lowest BCUT2D eigenvalue weighted by Gasteiger charge is -2.27. The molecule has 0 bridgehead atoms. The highest BCUT2D eigenvalue weighted by atomic mass is 16.5. The molecule has 1 aromatic rings. The third-order valence-corrected chi connectivity index (χ3v) is 2.95. The van der Waals surface area contributed by atoms with Gasteiger partial charge in [-0.05, 0) is 6.42 Å². The molecule has 1 aliphatic rings. The molecule has 2 heterocycles. The normalized spacial score (nSPS) is 15.2. The Morgan fingerprint density at radius 2 is 1.95 bits per heavy atom. The SMILES string of the molecule is CNc1nc(NCCCOC)nc(N2CCOCC2)n1. The first-order chi connectivity index (χ1) is 9.83. The van der Waals surface area contributed by atoms with E-state index in [4.69, 9.17) is 9.47 Å². The van der Waals surface area contributed by atoms with Crippen LogP contribution in [0.25, 0.3) is 0 Å². The van der Waals surface area contributed by atoms with E-state index in [1.54, 1.807) is 14.2 Å². The monoisotopic (exact) mass is 282 g/mol. The average molecular weight is 282 g/mol. The van der Waals surface area contributed by atoms with Crippen LogP contribution in [0.15, 0.2) is 0 Å². The van der Waals surface area contributed by atoms with Crippen molar-refractivity contribution < 1.29 is 9.47 Å². The van der Waals surface area contributed by atoms with E-state index in [-0.39, 0.29) is 0 Å². The third-order valence-electron chi connectivity index (χ3n) is 2.95. The standard InChI is InChI=1S/C12H22N6O2/c1-13-10-15-11(14-4-3-7-19-2)17-12(16-10)18-5-8-20-9-6-18/h3-9H2,1-2H3,(H2,13,14,15,16,17). The Morgan fingerprint density at radius 1 is 1.20 bits per heavy atom. The van der Waals surface area contributed by atoms with Gasteiger partial charge in [0.05, 0.1) is 13.2 Å². The molecule has 1 saturated heterocycles. The topological polar surface area (TPSA) is 84.4 Å². The number of morpholine rings is 1. The quantitative estimate of drug-likeness (QED) is 0.686. The van der Waals surface area contributed by atoms with Gasteiger partial charge in [-0.25, -0.2) is 0 Å². The second kappa shape index (κ2) is 7.81. The Labute approximate surface area is 118 Å². The van der Waals surface area contributed by atoms with Gasteiger partial charge in [0, 0.05) is 40.4 Å². The van der Waals surface area contributed by atoms with Crippen LogP contribution in [0.1, 0.15) is 6.42 Å². The fraction of sp³-hybridized carbons (Fsp3) is 0.750. The van der Waals surface area contributed by atoms with Crippen LogP contribution < -0.4 is 15.5 Å². The molecule has 1 aliphatic heterocycles. The summed E-state index contributed by atoms with van der Waals surface area (Å²) in [6.07, 6.45) is 0.907. The van der Waals surface area contributed by atoms with Gasteiger partial charge in [0.2, 0.25) is 17.8 Å². The first-order valence-corrected chi connectivity index (χ1v) is 6.83. The molecule has 1 aromatic heterocycles. The molecular weight excluding hydrogens is 260 g/mol. The van der Waals surface area contributed by atoms with Crippen LogP contribution in [0.4, 0.5) is 17.8 Å². The summed E-state index contributed by atoms with van der Waals surface area (Å²) in [6.45, 7) is 4.50. The lowest BCUT2D eigenvalue weighted by molar-refractivity contribution is 0.122. The number of hydrogen-bond donors (Lipinski definition) is 2. The second-order valence-corrected chi connectivity index (χ2v) is 4.41. The van der Waals surface area contributed by atoms with Gasteiger partial charge in [0.25, 0.3) is 0 Å². The molecule has 8 nitrogen and oxygen atoms in total. The first-order valence-electron chi connectivity index (χ1n) is 6.83. The maximum atomic E-state index is 5.34. The minimum atomic E-state index is 0.565. The van der Waals surface area contributed by atoms with Crippen LogP contribution >= 0.6 is 0 Å². The Morgan fingerprint density at radius 3 is 2.65 bits per heavy atom. The molecule has 0 spiro atoms. The Balaban J connectivity index is 2.03. The molecule has 2 rings (SSSR count). The summed E-state index contributed by atoms with van der Waals surface area (Å²) in [6, 6.07) is 0. The average Bonchev–Trinajstić information content (AvgIpc) is 2.52. The van der Waals surface area contributed by atoms with Gasteiger partial charge in [-0.3, -0.25) is 0 Å². The van der Waals surface area contributed by atoms with Crippen LogP contribution in [-0.4, -0.2) is 68.6 Å². The Kier molecular flexibility index (Phi) is 5.75. The summed E-state index contributed by atoms with van der Waals surface area (Å²) in [5.41, 5.74) is 0. The largest absolute Gasteiger partial charge is 0.385 e. The minimum Gasteiger partial charge on any atom is -0.385 e. The highest BCUT2D eigenvalue weighted by Gasteiger charge is 2.16. The van der Waals surface area contributed by atoms with Crippen molar-refractivity contribution in [2.75, 3.05) is 69.1 Å². The van der Waals surface area contributed by atoms with E-state index in [0.717, 1.165) is 26.1 Å². The van der Waals surface area contributed by atoms with Gasteiger partial charge in [0.1, 0.15) is 0 Å². The van der Waals surface area contributed by atoms with Gasteiger partial charge in [-0.15, -0.1) is 0 Å². The van der Waals surface area contributed by atoms with Crippen molar-refractivity contribution in [2.45, 2.75) is 6.42 Å². The van der Waals surface area contributed by atoms with E-state index in [1.807, 2.05) is 0 Å². The van der Waals surface area contributed by atoms with Crippen molar-refractivity contribution in [1.29, 1.82) is 0 Å². The van der Waals surface area contributed by atoms with E-state index in [1.165, 1.54) is 0 Å². The van der Waals surface area contributed by atoms with Gasteiger partial charge < -0.3 is 25.0 Å². The Bertz CT molecular complexity index is 411. The van der Waals surface area contributed by atoms with Gasteiger partial charge in [0.15, 0.2) is 0 Å². The van der Waals surface area contributed by atoms with Crippen LogP contribution in [0.2, 0.25) is 0 Å². The number of anilines is 3. The van der Waals surface area contributed by atoms with Crippen LogP contribution in [0, 0.1) is 0 Å². The van der Waals surface area contributed by atoms with E-state index >= 15 is 0 Å². The van der Waals surface area contributed by atoms with Gasteiger partial charge in [-0.1, -0.05) is 0 Å².